The Labute approximate surface area is 140 Å². The van der Waals surface area contributed by atoms with Crippen molar-refractivity contribution >= 4 is 28.9 Å². The molecule has 1 fully saturated rings. The summed E-state index contributed by atoms with van der Waals surface area (Å²) in [5.74, 6) is 0.109. The summed E-state index contributed by atoms with van der Waals surface area (Å²) in [6.45, 7) is 3.08. The number of anilines is 2. The van der Waals surface area contributed by atoms with Crippen molar-refractivity contribution in [3.8, 4) is 0 Å². The van der Waals surface area contributed by atoms with Gasteiger partial charge in [-0.2, -0.15) is 0 Å². The van der Waals surface area contributed by atoms with Crippen molar-refractivity contribution < 1.29 is 4.79 Å². The zero-order chi connectivity index (χ0) is 16.2. The van der Waals surface area contributed by atoms with Crippen LogP contribution in [0.4, 0.5) is 11.4 Å². The third-order valence-electron chi connectivity index (χ3n) is 4.00. The number of carbonyl (C=O) groups is 1. The number of pyridine rings is 1. The highest BCUT2D eigenvalue weighted by Crippen LogP contribution is 2.19. The topological polar surface area (TPSA) is 62.5 Å². The smallest absolute Gasteiger partial charge is 0.228 e. The molecule has 0 bridgehead atoms. The van der Waals surface area contributed by atoms with Crippen molar-refractivity contribution in [1.29, 1.82) is 0 Å². The first kappa shape index (κ1) is 15.6. The Bertz CT molecular complexity index is 664. The Morgan fingerprint density at radius 1 is 1.09 bits per heavy atom. The van der Waals surface area contributed by atoms with Crippen LogP contribution in [0.15, 0.2) is 42.6 Å². The third kappa shape index (κ3) is 3.93. The second-order valence-corrected chi connectivity index (χ2v) is 6.04. The Morgan fingerprint density at radius 3 is 2.39 bits per heavy atom. The molecule has 0 aliphatic carbocycles. The molecule has 120 valence electrons. The first-order chi connectivity index (χ1) is 11.1. The van der Waals surface area contributed by atoms with Gasteiger partial charge in [0.25, 0.3) is 0 Å². The summed E-state index contributed by atoms with van der Waals surface area (Å²) >= 11 is 5.92. The quantitative estimate of drug-likeness (QED) is 0.937. The van der Waals surface area contributed by atoms with E-state index < -0.39 is 0 Å². The Hall–Kier alpha value is -2.27. The van der Waals surface area contributed by atoms with Crippen molar-refractivity contribution in [3.05, 3.63) is 53.3 Å². The van der Waals surface area contributed by atoms with Gasteiger partial charge in [-0.05, 0) is 36.4 Å². The van der Waals surface area contributed by atoms with Crippen molar-refractivity contribution in [1.82, 2.24) is 9.88 Å². The van der Waals surface area contributed by atoms with E-state index >= 15 is 0 Å². The van der Waals surface area contributed by atoms with Crippen molar-refractivity contribution in [3.63, 3.8) is 0 Å². The van der Waals surface area contributed by atoms with Gasteiger partial charge >= 0.3 is 0 Å². The van der Waals surface area contributed by atoms with E-state index in [1.807, 2.05) is 29.2 Å². The van der Waals surface area contributed by atoms with Gasteiger partial charge in [0, 0.05) is 42.6 Å². The van der Waals surface area contributed by atoms with Crippen LogP contribution >= 0.6 is 11.6 Å². The monoisotopic (exact) mass is 330 g/mol. The van der Waals surface area contributed by atoms with Gasteiger partial charge in [-0.15, -0.1) is 0 Å². The molecule has 0 saturated carbocycles. The summed E-state index contributed by atoms with van der Waals surface area (Å²) in [5, 5.41) is 0.735. The van der Waals surface area contributed by atoms with Crippen LogP contribution in [0.25, 0.3) is 0 Å². The lowest BCUT2D eigenvalue weighted by Crippen LogP contribution is -2.49. The van der Waals surface area contributed by atoms with Crippen molar-refractivity contribution in [2.45, 2.75) is 6.42 Å². The van der Waals surface area contributed by atoms with Crippen molar-refractivity contribution in [2.24, 2.45) is 0 Å². The normalized spacial score (nSPS) is 14.8. The molecular formula is C17H19ClN4O. The fraction of sp³-hybridized carbons (Fsp3) is 0.294. The van der Waals surface area contributed by atoms with Crippen LogP contribution in [0.1, 0.15) is 5.69 Å². The molecule has 23 heavy (non-hydrogen) atoms. The third-order valence-corrected chi connectivity index (χ3v) is 4.26. The number of rotatable bonds is 3. The Kier molecular flexibility index (Phi) is 4.67. The lowest BCUT2D eigenvalue weighted by Gasteiger charge is -2.36. The number of amides is 1. The molecule has 2 N–H and O–H groups in total. The fourth-order valence-electron chi connectivity index (χ4n) is 2.67. The molecule has 1 saturated heterocycles. The average molecular weight is 331 g/mol. The maximum absolute atomic E-state index is 12.4. The first-order valence-corrected chi connectivity index (χ1v) is 7.98. The number of nitrogens with zero attached hydrogens (tertiary/aromatic N) is 3. The number of carbonyl (C=O) groups excluding carboxylic acids is 1. The van der Waals surface area contributed by atoms with E-state index in [1.165, 1.54) is 0 Å². The van der Waals surface area contributed by atoms with Crippen LogP contribution in [-0.4, -0.2) is 42.0 Å². The Balaban J connectivity index is 1.54. The van der Waals surface area contributed by atoms with Gasteiger partial charge < -0.3 is 15.5 Å². The minimum atomic E-state index is 0.109. The number of hydrogen-bond donors (Lipinski definition) is 1. The van der Waals surface area contributed by atoms with E-state index in [0.29, 0.717) is 12.1 Å². The maximum atomic E-state index is 12.4. The minimum Gasteiger partial charge on any atom is -0.397 e. The van der Waals surface area contributed by atoms with Gasteiger partial charge in [0.1, 0.15) is 0 Å². The highest BCUT2D eigenvalue weighted by Gasteiger charge is 2.21. The van der Waals surface area contributed by atoms with E-state index in [2.05, 4.69) is 9.88 Å². The molecule has 1 aliphatic heterocycles. The second kappa shape index (κ2) is 6.87. The standard InChI is InChI=1S/C17H19ClN4O/c18-13-1-5-16(6-2-13)21-7-9-22(10-8-21)17(23)11-15-4-3-14(19)12-20-15/h1-6,12H,7-11,19H2. The van der Waals surface area contributed by atoms with Crippen LogP contribution in [0.2, 0.25) is 5.02 Å². The highest BCUT2D eigenvalue weighted by atomic mass is 35.5. The molecule has 2 heterocycles. The van der Waals surface area contributed by atoms with Crippen LogP contribution in [-0.2, 0) is 11.2 Å². The maximum Gasteiger partial charge on any atom is 0.228 e. The molecule has 3 rings (SSSR count). The molecule has 0 radical (unpaired) electrons. The van der Waals surface area contributed by atoms with Crippen molar-refractivity contribution in [2.75, 3.05) is 36.8 Å². The van der Waals surface area contributed by atoms with Gasteiger partial charge in [0.05, 0.1) is 18.3 Å². The first-order valence-electron chi connectivity index (χ1n) is 7.60. The zero-order valence-electron chi connectivity index (χ0n) is 12.8. The zero-order valence-corrected chi connectivity index (χ0v) is 13.5. The number of halogens is 1. The Morgan fingerprint density at radius 2 is 1.78 bits per heavy atom. The van der Waals surface area contributed by atoms with Gasteiger partial charge in [0.15, 0.2) is 0 Å². The minimum absolute atomic E-state index is 0.109. The molecule has 1 aromatic heterocycles. The SMILES string of the molecule is Nc1ccc(CC(=O)N2CCN(c3ccc(Cl)cc3)CC2)nc1. The molecule has 2 aromatic rings. The van der Waals surface area contributed by atoms with E-state index in [9.17, 15) is 4.79 Å². The molecule has 1 amide bonds. The molecule has 0 atom stereocenters. The largest absolute Gasteiger partial charge is 0.397 e. The van der Waals surface area contributed by atoms with Gasteiger partial charge in [-0.3, -0.25) is 9.78 Å². The van der Waals surface area contributed by atoms with Crippen LogP contribution in [0.5, 0.6) is 0 Å². The predicted octanol–water partition coefficient (Wildman–Crippen LogP) is 2.21. The number of aromatic nitrogens is 1. The lowest BCUT2D eigenvalue weighted by molar-refractivity contribution is -0.130. The second-order valence-electron chi connectivity index (χ2n) is 5.60. The van der Waals surface area contributed by atoms with Gasteiger partial charge in [-0.1, -0.05) is 11.6 Å². The summed E-state index contributed by atoms with van der Waals surface area (Å²) < 4.78 is 0. The van der Waals surface area contributed by atoms with Gasteiger partial charge in [0.2, 0.25) is 5.91 Å². The summed E-state index contributed by atoms with van der Waals surface area (Å²) in [5.41, 5.74) is 8.11. The molecular weight excluding hydrogens is 312 g/mol. The molecule has 1 aliphatic rings. The predicted molar refractivity (Wildman–Crippen MR) is 92.6 cm³/mol. The van der Waals surface area contributed by atoms with E-state index in [4.69, 9.17) is 17.3 Å². The van der Waals surface area contributed by atoms with Crippen LogP contribution in [0, 0.1) is 0 Å². The molecule has 1 aromatic carbocycles. The number of piperazine rings is 1. The molecule has 6 heteroatoms. The molecule has 0 unspecified atom stereocenters. The average Bonchev–Trinajstić information content (AvgIpc) is 2.58. The van der Waals surface area contributed by atoms with Crippen LogP contribution in [0.3, 0.4) is 0 Å². The van der Waals surface area contributed by atoms with E-state index in [0.717, 1.165) is 42.6 Å². The summed E-state index contributed by atoms with van der Waals surface area (Å²) in [6.07, 6.45) is 1.91. The number of benzene rings is 1. The van der Waals surface area contributed by atoms with E-state index in [-0.39, 0.29) is 5.91 Å². The summed E-state index contributed by atoms with van der Waals surface area (Å²) in [7, 11) is 0. The summed E-state index contributed by atoms with van der Waals surface area (Å²) in [6, 6.07) is 11.4. The number of nitrogen functional groups attached to an aromatic ring is 1. The fourth-order valence-corrected chi connectivity index (χ4v) is 2.80. The van der Waals surface area contributed by atoms with E-state index in [1.54, 1.807) is 18.3 Å². The molecule has 5 nitrogen and oxygen atoms in total. The number of hydrogen-bond acceptors (Lipinski definition) is 4. The number of nitrogens with two attached hydrogens (primary N) is 1. The molecule has 0 spiro atoms. The van der Waals surface area contributed by atoms with Gasteiger partial charge in [-0.25, -0.2) is 0 Å². The summed E-state index contributed by atoms with van der Waals surface area (Å²) in [4.78, 5) is 20.7. The van der Waals surface area contributed by atoms with Crippen LogP contribution < -0.4 is 10.6 Å². The highest BCUT2D eigenvalue weighted by molar-refractivity contribution is 6.30. The lowest BCUT2D eigenvalue weighted by atomic mass is 10.2.